The van der Waals surface area contributed by atoms with Crippen molar-refractivity contribution in [1.29, 1.82) is 0 Å². The van der Waals surface area contributed by atoms with Crippen molar-refractivity contribution in [2.24, 2.45) is 0 Å². The van der Waals surface area contributed by atoms with Crippen molar-refractivity contribution < 1.29 is 9.21 Å². The Bertz CT molecular complexity index is 929. The standard InChI is InChI=1S/C23H24N2O2S/c1-16-21(25-23(27-16)19-5-3-2-4-6-19)11-12-22(26)18-9-7-17(8-10-18)13-20-14-24-15-28-20/h2-10,20,24H,11-15H2,1H3. The van der Waals surface area contributed by atoms with Gasteiger partial charge in [0.2, 0.25) is 5.89 Å². The minimum Gasteiger partial charge on any atom is -0.441 e. The van der Waals surface area contributed by atoms with Gasteiger partial charge in [-0.05, 0) is 31.0 Å². The molecule has 0 radical (unpaired) electrons. The molecule has 1 N–H and O–H groups in total. The van der Waals surface area contributed by atoms with Gasteiger partial charge in [0.15, 0.2) is 5.78 Å². The molecule has 3 aromatic rings. The van der Waals surface area contributed by atoms with Crippen LogP contribution in [0.1, 0.15) is 33.8 Å². The van der Waals surface area contributed by atoms with Crippen LogP contribution in [0.15, 0.2) is 59.0 Å². The van der Waals surface area contributed by atoms with Crippen molar-refractivity contribution in [1.82, 2.24) is 10.3 Å². The Morgan fingerprint density at radius 2 is 1.96 bits per heavy atom. The summed E-state index contributed by atoms with van der Waals surface area (Å²) in [6.45, 7) is 2.97. The number of Topliss-reactive ketones (excluding diaryl/α,β-unsaturated/α-hetero) is 1. The molecule has 1 fully saturated rings. The first-order valence-electron chi connectivity index (χ1n) is 9.65. The van der Waals surface area contributed by atoms with Crippen molar-refractivity contribution in [3.63, 3.8) is 0 Å². The summed E-state index contributed by atoms with van der Waals surface area (Å²) in [4.78, 5) is 17.2. The van der Waals surface area contributed by atoms with Crippen molar-refractivity contribution in [2.75, 3.05) is 12.4 Å². The second-order valence-electron chi connectivity index (χ2n) is 7.10. The molecule has 144 valence electrons. The number of carbonyl (C=O) groups excluding carboxylic acids is 1. The second kappa shape index (κ2) is 8.76. The van der Waals surface area contributed by atoms with Crippen LogP contribution < -0.4 is 5.32 Å². The van der Waals surface area contributed by atoms with E-state index in [4.69, 9.17) is 4.42 Å². The quantitative estimate of drug-likeness (QED) is 0.592. The predicted octanol–water partition coefficient (Wildman–Crippen LogP) is 4.67. The molecule has 1 saturated heterocycles. The Balaban J connectivity index is 1.36. The van der Waals surface area contributed by atoms with Crippen LogP contribution in [0.3, 0.4) is 0 Å². The molecule has 4 nitrogen and oxygen atoms in total. The van der Waals surface area contributed by atoms with Crippen molar-refractivity contribution in [3.8, 4) is 11.5 Å². The Morgan fingerprint density at radius 3 is 2.68 bits per heavy atom. The SMILES string of the molecule is Cc1oc(-c2ccccc2)nc1CCC(=O)c1ccc(CC2CNCS2)cc1. The molecular weight excluding hydrogens is 368 g/mol. The molecule has 4 rings (SSSR count). The van der Waals surface area contributed by atoms with E-state index < -0.39 is 0 Å². The maximum absolute atomic E-state index is 12.6. The van der Waals surface area contributed by atoms with Crippen LogP contribution in [-0.4, -0.2) is 28.4 Å². The molecule has 5 heteroatoms. The van der Waals surface area contributed by atoms with E-state index in [1.807, 2.05) is 61.2 Å². The average Bonchev–Trinajstić information content (AvgIpc) is 3.37. The number of nitrogens with one attached hydrogen (secondary N) is 1. The van der Waals surface area contributed by atoms with Crippen molar-refractivity contribution in [2.45, 2.75) is 31.4 Å². The first-order chi connectivity index (χ1) is 13.7. The van der Waals surface area contributed by atoms with Gasteiger partial charge in [-0.3, -0.25) is 4.79 Å². The number of hydrogen-bond acceptors (Lipinski definition) is 5. The first kappa shape index (κ1) is 19.0. The summed E-state index contributed by atoms with van der Waals surface area (Å²) >= 11 is 1.96. The van der Waals surface area contributed by atoms with Gasteiger partial charge in [-0.1, -0.05) is 42.5 Å². The molecule has 2 aromatic carbocycles. The molecule has 1 unspecified atom stereocenters. The third kappa shape index (κ3) is 4.54. The summed E-state index contributed by atoms with van der Waals surface area (Å²) in [7, 11) is 0. The van der Waals surface area contributed by atoms with Crippen LogP contribution in [0, 0.1) is 6.92 Å². The number of aromatic nitrogens is 1. The van der Waals surface area contributed by atoms with Crippen LogP contribution in [-0.2, 0) is 12.8 Å². The zero-order valence-electron chi connectivity index (χ0n) is 16.0. The number of benzene rings is 2. The number of rotatable bonds is 7. The van der Waals surface area contributed by atoms with Crippen LogP contribution in [0.2, 0.25) is 0 Å². The van der Waals surface area contributed by atoms with Crippen molar-refractivity contribution in [3.05, 3.63) is 77.2 Å². The summed E-state index contributed by atoms with van der Waals surface area (Å²) in [6, 6.07) is 17.9. The van der Waals surface area contributed by atoms with Crippen LogP contribution in [0.4, 0.5) is 0 Å². The molecule has 28 heavy (non-hydrogen) atoms. The van der Waals surface area contributed by atoms with Gasteiger partial charge in [0.1, 0.15) is 5.76 Å². The van der Waals surface area contributed by atoms with Crippen LogP contribution >= 0.6 is 11.8 Å². The highest BCUT2D eigenvalue weighted by atomic mass is 32.2. The average molecular weight is 393 g/mol. The highest BCUT2D eigenvalue weighted by Crippen LogP contribution is 2.23. The maximum Gasteiger partial charge on any atom is 0.226 e. The molecule has 0 aliphatic carbocycles. The maximum atomic E-state index is 12.6. The van der Waals surface area contributed by atoms with Gasteiger partial charge in [-0.25, -0.2) is 4.98 Å². The summed E-state index contributed by atoms with van der Waals surface area (Å²) in [5.41, 5.74) is 3.87. The third-order valence-electron chi connectivity index (χ3n) is 5.03. The lowest BCUT2D eigenvalue weighted by Gasteiger charge is -2.08. The monoisotopic (exact) mass is 392 g/mol. The van der Waals surface area contributed by atoms with Gasteiger partial charge in [0.05, 0.1) is 5.69 Å². The summed E-state index contributed by atoms with van der Waals surface area (Å²) in [5, 5.41) is 4.00. The van der Waals surface area contributed by atoms with Gasteiger partial charge < -0.3 is 9.73 Å². The molecule has 1 atom stereocenters. The van der Waals surface area contributed by atoms with E-state index in [-0.39, 0.29) is 5.78 Å². The molecule has 0 bridgehead atoms. The molecule has 1 aliphatic heterocycles. The zero-order valence-corrected chi connectivity index (χ0v) is 16.8. The smallest absolute Gasteiger partial charge is 0.226 e. The van der Waals surface area contributed by atoms with Gasteiger partial charge in [-0.15, -0.1) is 11.8 Å². The fourth-order valence-corrected chi connectivity index (χ4v) is 4.43. The molecule has 1 aromatic heterocycles. The number of nitrogens with zero attached hydrogens (tertiary/aromatic N) is 1. The number of thioether (sulfide) groups is 1. The molecule has 1 aliphatic rings. The normalized spacial score (nSPS) is 16.4. The lowest BCUT2D eigenvalue weighted by Crippen LogP contribution is -2.14. The number of oxazole rings is 1. The highest BCUT2D eigenvalue weighted by Gasteiger charge is 2.16. The molecule has 0 saturated carbocycles. The van der Waals surface area contributed by atoms with Gasteiger partial charge in [0, 0.05) is 41.6 Å². The minimum absolute atomic E-state index is 0.145. The first-order valence-corrected chi connectivity index (χ1v) is 10.7. The van der Waals surface area contributed by atoms with E-state index in [9.17, 15) is 4.79 Å². The Labute approximate surface area is 169 Å². The predicted molar refractivity (Wildman–Crippen MR) is 114 cm³/mol. The van der Waals surface area contributed by atoms with Gasteiger partial charge in [0.25, 0.3) is 0 Å². The van der Waals surface area contributed by atoms with E-state index >= 15 is 0 Å². The van der Waals surface area contributed by atoms with Crippen LogP contribution in [0.25, 0.3) is 11.5 Å². The molecule has 0 amide bonds. The largest absolute Gasteiger partial charge is 0.441 e. The lowest BCUT2D eigenvalue weighted by molar-refractivity contribution is 0.0982. The fourth-order valence-electron chi connectivity index (χ4n) is 3.42. The fraction of sp³-hybridized carbons (Fsp3) is 0.304. The minimum atomic E-state index is 0.145. The van der Waals surface area contributed by atoms with E-state index in [2.05, 4.69) is 22.4 Å². The van der Waals surface area contributed by atoms with E-state index in [0.29, 0.717) is 24.0 Å². The van der Waals surface area contributed by atoms with E-state index in [1.54, 1.807) is 0 Å². The molecular formula is C23H24N2O2S. The Morgan fingerprint density at radius 1 is 1.18 bits per heavy atom. The number of ketones is 1. The highest BCUT2D eigenvalue weighted by molar-refractivity contribution is 8.00. The second-order valence-corrected chi connectivity index (χ2v) is 8.39. The summed E-state index contributed by atoms with van der Waals surface area (Å²) < 4.78 is 5.79. The third-order valence-corrected chi connectivity index (χ3v) is 6.21. The zero-order chi connectivity index (χ0) is 19.3. The number of carbonyl (C=O) groups is 1. The van der Waals surface area contributed by atoms with Crippen LogP contribution in [0.5, 0.6) is 0 Å². The Kier molecular flexibility index (Phi) is 5.93. The topological polar surface area (TPSA) is 55.1 Å². The Hall–Kier alpha value is -2.37. The van der Waals surface area contributed by atoms with E-state index in [1.165, 1.54) is 5.56 Å². The molecule has 0 spiro atoms. The van der Waals surface area contributed by atoms with E-state index in [0.717, 1.165) is 41.4 Å². The number of hydrogen-bond donors (Lipinski definition) is 1. The van der Waals surface area contributed by atoms with Gasteiger partial charge in [-0.2, -0.15) is 0 Å². The van der Waals surface area contributed by atoms with Gasteiger partial charge >= 0.3 is 0 Å². The molecule has 2 heterocycles. The number of aryl methyl sites for hydroxylation is 2. The summed E-state index contributed by atoms with van der Waals surface area (Å²) in [6.07, 6.45) is 2.07. The lowest BCUT2D eigenvalue weighted by atomic mass is 10.0. The van der Waals surface area contributed by atoms with Crippen molar-refractivity contribution >= 4 is 17.5 Å². The summed E-state index contributed by atoms with van der Waals surface area (Å²) in [5.74, 6) is 2.58.